The van der Waals surface area contributed by atoms with Crippen LogP contribution in [0.1, 0.15) is 27.8 Å². The van der Waals surface area contributed by atoms with Crippen LogP contribution < -0.4 is 14.2 Å². The summed E-state index contributed by atoms with van der Waals surface area (Å²) in [5.41, 5.74) is 4.48. The van der Waals surface area contributed by atoms with Crippen molar-refractivity contribution in [2.45, 2.75) is 46.4 Å². The van der Waals surface area contributed by atoms with E-state index < -0.39 is 5.60 Å². The lowest BCUT2D eigenvalue weighted by atomic mass is 10.0. The fraction of sp³-hybridized carbons (Fsp3) is 0.483. The first-order valence-electron chi connectivity index (χ1n) is 12.8. The van der Waals surface area contributed by atoms with Crippen LogP contribution in [0.15, 0.2) is 42.7 Å². The van der Waals surface area contributed by atoms with Crippen molar-refractivity contribution < 1.29 is 24.1 Å². The predicted molar refractivity (Wildman–Crippen MR) is 143 cm³/mol. The molecule has 0 spiro atoms. The van der Waals surface area contributed by atoms with Gasteiger partial charge in [0, 0.05) is 25.8 Å². The first kappa shape index (κ1) is 27.0. The van der Waals surface area contributed by atoms with Crippen LogP contribution in [0, 0.1) is 27.7 Å². The van der Waals surface area contributed by atoms with Gasteiger partial charge in [0.05, 0.1) is 33.1 Å². The van der Waals surface area contributed by atoms with Gasteiger partial charge in [0.15, 0.2) is 11.5 Å². The number of nitrogens with zero attached hydrogens (tertiary/aromatic N) is 3. The SMILES string of the molecule is COc1ccc(CN2CCOC[C@](O)(COc3cc(C)cc(C)c3C)C2)cc1OCCn1cc(C)cn1. The number of rotatable bonds is 10. The third-order valence-electron chi connectivity index (χ3n) is 6.68. The summed E-state index contributed by atoms with van der Waals surface area (Å²) in [4.78, 5) is 2.20. The summed E-state index contributed by atoms with van der Waals surface area (Å²) in [6, 6.07) is 10.1. The van der Waals surface area contributed by atoms with E-state index in [-0.39, 0.29) is 13.2 Å². The molecule has 0 amide bonds. The van der Waals surface area contributed by atoms with E-state index in [1.165, 1.54) is 5.56 Å². The van der Waals surface area contributed by atoms with Gasteiger partial charge in [-0.15, -0.1) is 0 Å². The van der Waals surface area contributed by atoms with Crippen LogP contribution in [0.25, 0.3) is 0 Å². The van der Waals surface area contributed by atoms with E-state index in [9.17, 15) is 5.11 Å². The van der Waals surface area contributed by atoms with E-state index in [2.05, 4.69) is 29.9 Å². The Morgan fingerprint density at radius 1 is 1.03 bits per heavy atom. The molecule has 2 heterocycles. The third kappa shape index (κ3) is 7.25. The standard InChI is InChI=1S/C29H39N3O5/c1-21-12-23(3)24(4)27(13-21)37-20-29(33)18-31(8-10-35-19-29)17-25-6-7-26(34-5)28(14-25)36-11-9-32-16-22(2)15-30-32/h6-7,12-16,33H,8-11,17-20H2,1-5H3/t29-/m0/s1. The lowest BCUT2D eigenvalue weighted by Gasteiger charge is -2.31. The van der Waals surface area contributed by atoms with Gasteiger partial charge in [-0.3, -0.25) is 9.58 Å². The fourth-order valence-electron chi connectivity index (χ4n) is 4.61. The number of hydrogen-bond acceptors (Lipinski definition) is 7. The molecular formula is C29H39N3O5. The first-order valence-corrected chi connectivity index (χ1v) is 12.8. The molecule has 1 fully saturated rings. The highest BCUT2D eigenvalue weighted by molar-refractivity contribution is 5.43. The molecule has 3 aromatic rings. The van der Waals surface area contributed by atoms with E-state index >= 15 is 0 Å². The number of methoxy groups -OCH3 is 1. The third-order valence-corrected chi connectivity index (χ3v) is 6.68. The Balaban J connectivity index is 1.39. The molecule has 0 bridgehead atoms. The van der Waals surface area contributed by atoms with E-state index in [1.807, 2.05) is 55.2 Å². The molecule has 1 saturated heterocycles. The van der Waals surface area contributed by atoms with Crippen LogP contribution in [0.3, 0.4) is 0 Å². The van der Waals surface area contributed by atoms with Crippen LogP contribution in [0.5, 0.6) is 17.2 Å². The van der Waals surface area contributed by atoms with Crippen LogP contribution in [0.2, 0.25) is 0 Å². The summed E-state index contributed by atoms with van der Waals surface area (Å²) in [6.07, 6.45) is 3.83. The number of hydrogen-bond donors (Lipinski definition) is 1. The highest BCUT2D eigenvalue weighted by Gasteiger charge is 2.34. The molecule has 8 nitrogen and oxygen atoms in total. The predicted octanol–water partition coefficient (Wildman–Crippen LogP) is 3.85. The minimum absolute atomic E-state index is 0.164. The van der Waals surface area contributed by atoms with Gasteiger partial charge in [0.2, 0.25) is 0 Å². The van der Waals surface area contributed by atoms with Gasteiger partial charge in [-0.05, 0) is 73.7 Å². The van der Waals surface area contributed by atoms with E-state index in [0.717, 1.165) is 28.0 Å². The van der Waals surface area contributed by atoms with Crippen molar-refractivity contribution in [3.8, 4) is 17.2 Å². The highest BCUT2D eigenvalue weighted by Crippen LogP contribution is 2.29. The lowest BCUT2D eigenvalue weighted by molar-refractivity contribution is -0.0648. The molecule has 0 radical (unpaired) electrons. The van der Waals surface area contributed by atoms with E-state index in [4.69, 9.17) is 18.9 Å². The Bertz CT molecular complexity index is 1190. The largest absolute Gasteiger partial charge is 0.493 e. The van der Waals surface area contributed by atoms with Crippen LogP contribution in [-0.4, -0.2) is 72.0 Å². The number of β-amino-alcohol motifs (C(OH)–C–C–N with tert-alkyl or cyclic N) is 1. The number of aryl methyl sites for hydroxylation is 3. The van der Waals surface area contributed by atoms with Crippen molar-refractivity contribution >= 4 is 0 Å². The van der Waals surface area contributed by atoms with Gasteiger partial charge in [0.25, 0.3) is 0 Å². The quantitative estimate of drug-likeness (QED) is 0.445. The van der Waals surface area contributed by atoms with Gasteiger partial charge in [-0.2, -0.15) is 5.10 Å². The second kappa shape index (κ2) is 12.0. The molecule has 200 valence electrons. The Hall–Kier alpha value is -3.07. The van der Waals surface area contributed by atoms with Crippen molar-refractivity contribution in [3.05, 3.63) is 70.5 Å². The number of ether oxygens (including phenoxy) is 4. The number of aliphatic hydroxyl groups is 1. The molecule has 4 rings (SSSR count). The van der Waals surface area contributed by atoms with Gasteiger partial charge in [0.1, 0.15) is 24.6 Å². The maximum Gasteiger partial charge on any atom is 0.161 e. The molecule has 0 unspecified atom stereocenters. The topological polar surface area (TPSA) is 78.2 Å². The van der Waals surface area contributed by atoms with Crippen molar-refractivity contribution in [2.75, 3.05) is 46.6 Å². The first-order chi connectivity index (χ1) is 17.7. The molecule has 37 heavy (non-hydrogen) atoms. The van der Waals surface area contributed by atoms with Crippen LogP contribution >= 0.6 is 0 Å². The maximum absolute atomic E-state index is 11.4. The van der Waals surface area contributed by atoms with Gasteiger partial charge in [-0.25, -0.2) is 0 Å². The molecular weight excluding hydrogens is 470 g/mol. The van der Waals surface area contributed by atoms with Crippen LogP contribution in [0.4, 0.5) is 0 Å². The molecule has 8 heteroatoms. The monoisotopic (exact) mass is 509 g/mol. The minimum Gasteiger partial charge on any atom is -0.493 e. The fourth-order valence-corrected chi connectivity index (χ4v) is 4.61. The summed E-state index contributed by atoms with van der Waals surface area (Å²) in [5, 5.41) is 15.7. The van der Waals surface area contributed by atoms with Crippen molar-refractivity contribution in [1.29, 1.82) is 0 Å². The number of benzene rings is 2. The van der Waals surface area contributed by atoms with Crippen LogP contribution in [-0.2, 0) is 17.8 Å². The summed E-state index contributed by atoms with van der Waals surface area (Å²) >= 11 is 0. The van der Waals surface area contributed by atoms with E-state index in [1.54, 1.807) is 7.11 Å². The molecule has 0 saturated carbocycles. The van der Waals surface area contributed by atoms with Gasteiger partial charge in [-0.1, -0.05) is 12.1 Å². The zero-order valence-electron chi connectivity index (χ0n) is 22.6. The normalized spacial score (nSPS) is 18.4. The molecule has 1 N–H and O–H groups in total. The maximum atomic E-state index is 11.4. The Labute approximate surface area is 219 Å². The van der Waals surface area contributed by atoms with Crippen molar-refractivity contribution in [3.63, 3.8) is 0 Å². The molecule has 0 aliphatic carbocycles. The number of aromatic nitrogens is 2. The smallest absolute Gasteiger partial charge is 0.161 e. The second-order valence-corrected chi connectivity index (χ2v) is 10.1. The average Bonchev–Trinajstić information content (AvgIpc) is 3.18. The Kier molecular flexibility index (Phi) is 8.74. The molecule has 1 aliphatic heterocycles. The minimum atomic E-state index is -1.12. The Morgan fingerprint density at radius 2 is 1.86 bits per heavy atom. The van der Waals surface area contributed by atoms with Gasteiger partial charge >= 0.3 is 0 Å². The second-order valence-electron chi connectivity index (χ2n) is 10.1. The van der Waals surface area contributed by atoms with E-state index in [0.29, 0.717) is 50.9 Å². The zero-order chi connectivity index (χ0) is 26.4. The summed E-state index contributed by atoms with van der Waals surface area (Å²) in [6.45, 7) is 12.1. The summed E-state index contributed by atoms with van der Waals surface area (Å²) < 4.78 is 25.3. The molecule has 2 aromatic carbocycles. The molecule has 1 aromatic heterocycles. The Morgan fingerprint density at radius 3 is 2.62 bits per heavy atom. The van der Waals surface area contributed by atoms with Crippen molar-refractivity contribution in [2.24, 2.45) is 0 Å². The highest BCUT2D eigenvalue weighted by atomic mass is 16.5. The summed E-state index contributed by atoms with van der Waals surface area (Å²) in [7, 11) is 1.64. The zero-order valence-corrected chi connectivity index (χ0v) is 22.6. The van der Waals surface area contributed by atoms with Gasteiger partial charge < -0.3 is 24.1 Å². The summed E-state index contributed by atoms with van der Waals surface area (Å²) in [5.74, 6) is 2.19. The molecule has 1 atom stereocenters. The lowest BCUT2D eigenvalue weighted by Crippen LogP contribution is -2.48. The molecule has 1 aliphatic rings. The van der Waals surface area contributed by atoms with Crippen molar-refractivity contribution in [1.82, 2.24) is 14.7 Å². The average molecular weight is 510 g/mol.